The third kappa shape index (κ3) is 5.30. The SMILES string of the molecule is Cc1ccc(Sc2c(F)cccc2C2CCN(OC(=O)C(F)(F)F)CC2)c(C)c1. The maximum Gasteiger partial charge on any atom is 0.492 e. The molecular weight excluding hydrogens is 406 g/mol. The summed E-state index contributed by atoms with van der Waals surface area (Å²) in [5, 5.41) is 1.03. The Balaban J connectivity index is 1.74. The Kier molecular flexibility index (Phi) is 6.53. The Hall–Kier alpha value is -2.06. The van der Waals surface area contributed by atoms with Gasteiger partial charge in [0, 0.05) is 18.0 Å². The molecule has 8 heteroatoms. The van der Waals surface area contributed by atoms with Crippen molar-refractivity contribution in [3.63, 3.8) is 0 Å². The van der Waals surface area contributed by atoms with Crippen molar-refractivity contribution in [2.75, 3.05) is 13.1 Å². The Bertz CT molecular complexity index is 893. The van der Waals surface area contributed by atoms with Crippen LogP contribution in [0.5, 0.6) is 0 Å². The summed E-state index contributed by atoms with van der Waals surface area (Å²) in [4.78, 5) is 16.9. The molecule has 0 aromatic heterocycles. The minimum absolute atomic E-state index is 0.0280. The molecule has 3 rings (SSSR count). The smallest absolute Gasteiger partial charge is 0.361 e. The molecule has 0 atom stereocenters. The summed E-state index contributed by atoms with van der Waals surface area (Å²) in [6.07, 6.45) is -4.08. The first-order valence-corrected chi connectivity index (χ1v) is 10.0. The normalized spacial score (nSPS) is 16.1. The van der Waals surface area contributed by atoms with Gasteiger partial charge < -0.3 is 4.84 Å². The first-order chi connectivity index (χ1) is 13.6. The van der Waals surface area contributed by atoms with Gasteiger partial charge in [-0.2, -0.15) is 13.2 Å². The number of hydrogen-bond donors (Lipinski definition) is 0. The van der Waals surface area contributed by atoms with Gasteiger partial charge >= 0.3 is 12.1 Å². The second-order valence-corrected chi connectivity index (χ2v) is 8.16. The molecule has 0 saturated carbocycles. The lowest BCUT2D eigenvalue weighted by Crippen LogP contribution is -2.39. The van der Waals surface area contributed by atoms with Crippen molar-refractivity contribution in [3.05, 3.63) is 58.9 Å². The Morgan fingerprint density at radius 1 is 1.14 bits per heavy atom. The molecule has 0 spiro atoms. The van der Waals surface area contributed by atoms with Gasteiger partial charge in [0.15, 0.2) is 0 Å². The van der Waals surface area contributed by atoms with Crippen molar-refractivity contribution < 1.29 is 27.2 Å². The van der Waals surface area contributed by atoms with Gasteiger partial charge in [-0.1, -0.05) is 41.6 Å². The molecule has 1 aliphatic rings. The van der Waals surface area contributed by atoms with E-state index in [-0.39, 0.29) is 24.8 Å². The zero-order valence-electron chi connectivity index (χ0n) is 16.1. The summed E-state index contributed by atoms with van der Waals surface area (Å²) in [6, 6.07) is 10.9. The Labute approximate surface area is 171 Å². The van der Waals surface area contributed by atoms with E-state index in [1.165, 1.54) is 17.8 Å². The second-order valence-electron chi connectivity index (χ2n) is 7.11. The van der Waals surface area contributed by atoms with Crippen molar-refractivity contribution in [2.45, 2.75) is 48.6 Å². The monoisotopic (exact) mass is 427 g/mol. The highest BCUT2D eigenvalue weighted by molar-refractivity contribution is 7.99. The van der Waals surface area contributed by atoms with Gasteiger partial charge in [-0.3, -0.25) is 0 Å². The number of hydroxylamine groups is 2. The summed E-state index contributed by atoms with van der Waals surface area (Å²) in [5.74, 6) is -2.56. The summed E-state index contributed by atoms with van der Waals surface area (Å²) in [5.41, 5.74) is 3.01. The number of alkyl halides is 3. The van der Waals surface area contributed by atoms with Gasteiger partial charge in [0.25, 0.3) is 0 Å². The van der Waals surface area contributed by atoms with E-state index in [4.69, 9.17) is 0 Å². The molecule has 0 unspecified atom stereocenters. The van der Waals surface area contributed by atoms with Crippen LogP contribution in [0.15, 0.2) is 46.2 Å². The first-order valence-electron chi connectivity index (χ1n) is 9.22. The maximum absolute atomic E-state index is 14.7. The highest BCUT2D eigenvalue weighted by Gasteiger charge is 2.43. The fraction of sp³-hybridized carbons (Fsp3) is 0.381. The highest BCUT2D eigenvalue weighted by atomic mass is 32.2. The van der Waals surface area contributed by atoms with E-state index in [0.717, 1.165) is 26.6 Å². The van der Waals surface area contributed by atoms with Crippen LogP contribution in [0.1, 0.15) is 35.4 Å². The van der Waals surface area contributed by atoms with Crippen LogP contribution in [0.3, 0.4) is 0 Å². The lowest BCUT2D eigenvalue weighted by molar-refractivity contribution is -0.241. The van der Waals surface area contributed by atoms with Crippen LogP contribution in [0.4, 0.5) is 17.6 Å². The van der Waals surface area contributed by atoms with Crippen LogP contribution in [-0.2, 0) is 9.63 Å². The predicted molar refractivity (Wildman–Crippen MR) is 102 cm³/mol. The fourth-order valence-electron chi connectivity index (χ4n) is 3.41. The van der Waals surface area contributed by atoms with Gasteiger partial charge in [0.05, 0.1) is 4.90 Å². The number of piperidine rings is 1. The molecule has 0 N–H and O–H groups in total. The number of rotatable bonds is 4. The van der Waals surface area contributed by atoms with Gasteiger partial charge in [0.2, 0.25) is 0 Å². The van der Waals surface area contributed by atoms with Gasteiger partial charge in [-0.25, -0.2) is 9.18 Å². The van der Waals surface area contributed by atoms with E-state index in [9.17, 15) is 22.4 Å². The lowest BCUT2D eigenvalue weighted by Gasteiger charge is -2.31. The molecule has 2 aromatic rings. The average molecular weight is 427 g/mol. The van der Waals surface area contributed by atoms with Crippen molar-refractivity contribution in [1.29, 1.82) is 0 Å². The summed E-state index contributed by atoms with van der Waals surface area (Å²) < 4.78 is 51.7. The molecule has 0 bridgehead atoms. The average Bonchev–Trinajstić information content (AvgIpc) is 2.65. The molecule has 0 amide bonds. The summed E-state index contributed by atoms with van der Waals surface area (Å²) in [6.45, 7) is 4.30. The molecule has 3 nitrogen and oxygen atoms in total. The number of aryl methyl sites for hydroxylation is 2. The fourth-order valence-corrected chi connectivity index (χ4v) is 4.50. The zero-order valence-corrected chi connectivity index (χ0v) is 16.9. The van der Waals surface area contributed by atoms with E-state index in [2.05, 4.69) is 4.84 Å². The van der Waals surface area contributed by atoms with Crippen molar-refractivity contribution >= 4 is 17.7 Å². The molecule has 2 aromatic carbocycles. The van der Waals surface area contributed by atoms with Crippen molar-refractivity contribution in [2.24, 2.45) is 0 Å². The maximum atomic E-state index is 14.7. The minimum Gasteiger partial charge on any atom is -0.361 e. The number of carbonyl (C=O) groups is 1. The van der Waals surface area contributed by atoms with Crippen molar-refractivity contribution in [3.8, 4) is 0 Å². The van der Waals surface area contributed by atoms with Crippen LogP contribution in [0.2, 0.25) is 0 Å². The molecule has 1 saturated heterocycles. The number of carbonyl (C=O) groups excluding carboxylic acids is 1. The van der Waals surface area contributed by atoms with E-state index < -0.39 is 12.1 Å². The lowest BCUT2D eigenvalue weighted by atomic mass is 9.90. The predicted octanol–water partition coefficient (Wildman–Crippen LogP) is 5.79. The summed E-state index contributed by atoms with van der Waals surface area (Å²) >= 11 is 1.36. The molecule has 156 valence electrons. The molecule has 1 heterocycles. The van der Waals surface area contributed by atoms with Gasteiger partial charge in [-0.15, -0.1) is 5.06 Å². The van der Waals surface area contributed by atoms with Gasteiger partial charge in [-0.05, 0) is 55.9 Å². The summed E-state index contributed by atoms with van der Waals surface area (Å²) in [7, 11) is 0. The van der Waals surface area contributed by atoms with Crippen LogP contribution in [0.25, 0.3) is 0 Å². The van der Waals surface area contributed by atoms with E-state index in [1.54, 1.807) is 6.07 Å². The Morgan fingerprint density at radius 3 is 2.45 bits per heavy atom. The van der Waals surface area contributed by atoms with E-state index in [1.807, 2.05) is 38.1 Å². The number of nitrogens with zero attached hydrogens (tertiary/aromatic N) is 1. The molecular formula is C21H21F4NO2S. The molecule has 1 fully saturated rings. The Morgan fingerprint density at radius 2 is 1.83 bits per heavy atom. The van der Waals surface area contributed by atoms with E-state index >= 15 is 0 Å². The van der Waals surface area contributed by atoms with Crippen LogP contribution in [-0.4, -0.2) is 30.3 Å². The van der Waals surface area contributed by atoms with Crippen LogP contribution in [0, 0.1) is 19.7 Å². The van der Waals surface area contributed by atoms with Crippen LogP contribution < -0.4 is 0 Å². The molecule has 0 aliphatic carbocycles. The standard InChI is InChI=1S/C21H21F4NO2S/c1-13-6-7-18(14(2)12-13)29-19-16(4-3-5-17(19)22)15-8-10-26(11-9-15)28-20(27)21(23,24)25/h3-7,12,15H,8-11H2,1-2H3. The third-order valence-electron chi connectivity index (χ3n) is 4.88. The number of halogens is 4. The topological polar surface area (TPSA) is 29.5 Å². The van der Waals surface area contributed by atoms with Gasteiger partial charge in [0.1, 0.15) is 5.82 Å². The quantitative estimate of drug-likeness (QED) is 0.578. The number of benzene rings is 2. The third-order valence-corrected chi connectivity index (χ3v) is 6.19. The second kappa shape index (κ2) is 8.75. The first kappa shape index (κ1) is 21.6. The van der Waals surface area contributed by atoms with Crippen LogP contribution >= 0.6 is 11.8 Å². The molecule has 29 heavy (non-hydrogen) atoms. The number of hydrogen-bond acceptors (Lipinski definition) is 4. The zero-order chi connectivity index (χ0) is 21.2. The molecule has 1 aliphatic heterocycles. The minimum atomic E-state index is -5.02. The van der Waals surface area contributed by atoms with E-state index in [0.29, 0.717) is 17.7 Å². The van der Waals surface area contributed by atoms with Crippen molar-refractivity contribution in [1.82, 2.24) is 5.06 Å². The highest BCUT2D eigenvalue weighted by Crippen LogP contribution is 2.40. The largest absolute Gasteiger partial charge is 0.492 e. The molecule has 0 radical (unpaired) electrons.